The zero-order valence-electron chi connectivity index (χ0n) is 21.3. The fourth-order valence-electron chi connectivity index (χ4n) is 4.88. The first kappa shape index (κ1) is 24.4. The van der Waals surface area contributed by atoms with Gasteiger partial charge < -0.3 is 24.1 Å². The SMILES string of the molecule is COc1ccc2cc(C(C)C(OC)OCC3(C)CCc4c(C)c(O)c(C)c(C)c4O3)ccc2c1. The zero-order valence-corrected chi connectivity index (χ0v) is 21.3. The van der Waals surface area contributed by atoms with Crippen molar-refractivity contribution in [3.05, 3.63) is 64.2 Å². The lowest BCUT2D eigenvalue weighted by molar-refractivity contribution is -0.167. The van der Waals surface area contributed by atoms with E-state index in [0.29, 0.717) is 12.4 Å². The standard InChI is InChI=1S/C29H36O5/c1-17-18(2)27-25(20(4)26(17)30)12-13-29(5,34-27)16-33-28(32-7)19(3)21-8-9-23-15-24(31-6)11-10-22(23)14-21/h8-11,14-15,19,28,30H,12-13,16H2,1-7H3. The number of fused-ring (bicyclic) bond motifs is 2. The summed E-state index contributed by atoms with van der Waals surface area (Å²) in [6.45, 7) is 10.5. The number of hydrogen-bond acceptors (Lipinski definition) is 5. The van der Waals surface area contributed by atoms with E-state index in [0.717, 1.165) is 62.9 Å². The van der Waals surface area contributed by atoms with Gasteiger partial charge in [-0.2, -0.15) is 0 Å². The van der Waals surface area contributed by atoms with Gasteiger partial charge in [-0.25, -0.2) is 0 Å². The van der Waals surface area contributed by atoms with E-state index in [9.17, 15) is 5.11 Å². The third-order valence-electron chi connectivity index (χ3n) is 7.38. The minimum absolute atomic E-state index is 0.0409. The van der Waals surface area contributed by atoms with E-state index >= 15 is 0 Å². The highest BCUT2D eigenvalue weighted by atomic mass is 16.7. The van der Waals surface area contributed by atoms with Crippen LogP contribution in [0.25, 0.3) is 10.8 Å². The molecule has 3 unspecified atom stereocenters. The summed E-state index contributed by atoms with van der Waals surface area (Å²) >= 11 is 0. The third-order valence-corrected chi connectivity index (χ3v) is 7.38. The van der Waals surface area contributed by atoms with E-state index in [1.807, 2.05) is 32.9 Å². The van der Waals surface area contributed by atoms with Crippen molar-refractivity contribution in [2.75, 3.05) is 20.8 Å². The number of aromatic hydroxyl groups is 1. The normalized spacial score (nSPS) is 19.4. The summed E-state index contributed by atoms with van der Waals surface area (Å²) in [6, 6.07) is 12.5. The average molecular weight is 465 g/mol. The molecule has 3 aromatic carbocycles. The second-order valence-corrected chi connectivity index (χ2v) is 9.76. The summed E-state index contributed by atoms with van der Waals surface area (Å²) in [5.41, 5.74) is 4.57. The van der Waals surface area contributed by atoms with Crippen LogP contribution in [0, 0.1) is 20.8 Å². The van der Waals surface area contributed by atoms with Crippen molar-refractivity contribution in [2.45, 2.75) is 65.3 Å². The molecule has 3 atom stereocenters. The molecule has 34 heavy (non-hydrogen) atoms. The van der Waals surface area contributed by atoms with Crippen LogP contribution in [-0.2, 0) is 15.9 Å². The number of phenols is 1. The van der Waals surface area contributed by atoms with Gasteiger partial charge in [0.15, 0.2) is 6.29 Å². The number of methoxy groups -OCH3 is 2. The van der Waals surface area contributed by atoms with Crippen LogP contribution < -0.4 is 9.47 Å². The Kier molecular flexibility index (Phi) is 6.79. The molecular formula is C29H36O5. The molecule has 0 radical (unpaired) electrons. The van der Waals surface area contributed by atoms with Crippen molar-refractivity contribution in [3.8, 4) is 17.2 Å². The summed E-state index contributed by atoms with van der Waals surface area (Å²) in [6.07, 6.45) is 1.25. The highest BCUT2D eigenvalue weighted by Crippen LogP contribution is 2.43. The van der Waals surface area contributed by atoms with Crippen molar-refractivity contribution < 1.29 is 24.1 Å². The van der Waals surface area contributed by atoms with Crippen LogP contribution in [0.1, 0.15) is 54.0 Å². The molecule has 0 fully saturated rings. The lowest BCUT2D eigenvalue weighted by atomic mass is 9.87. The predicted octanol–water partition coefficient (Wildman–Crippen LogP) is 6.36. The Labute approximate surface area is 202 Å². The summed E-state index contributed by atoms with van der Waals surface area (Å²) in [5, 5.41) is 12.7. The number of rotatable bonds is 7. The predicted molar refractivity (Wildman–Crippen MR) is 135 cm³/mol. The van der Waals surface area contributed by atoms with Crippen LogP contribution >= 0.6 is 0 Å². The summed E-state index contributed by atoms with van der Waals surface area (Å²) in [7, 11) is 3.37. The van der Waals surface area contributed by atoms with Crippen molar-refractivity contribution in [1.29, 1.82) is 0 Å². The Morgan fingerprint density at radius 1 is 1.00 bits per heavy atom. The van der Waals surface area contributed by atoms with Crippen molar-refractivity contribution in [2.24, 2.45) is 0 Å². The fraction of sp³-hybridized carbons (Fsp3) is 0.448. The average Bonchev–Trinajstić information content (AvgIpc) is 2.85. The topological polar surface area (TPSA) is 57.2 Å². The molecule has 1 N–H and O–H groups in total. The first-order chi connectivity index (χ1) is 16.2. The van der Waals surface area contributed by atoms with Gasteiger partial charge in [0.25, 0.3) is 0 Å². The lowest BCUT2D eigenvalue weighted by Gasteiger charge is -2.38. The molecule has 4 rings (SSSR count). The number of phenolic OH excluding ortho intramolecular Hbond substituents is 1. The molecule has 182 valence electrons. The molecular weight excluding hydrogens is 428 g/mol. The number of ether oxygens (including phenoxy) is 4. The van der Waals surface area contributed by atoms with Crippen LogP contribution in [-0.4, -0.2) is 37.8 Å². The van der Waals surface area contributed by atoms with Gasteiger partial charge in [-0.05, 0) is 85.7 Å². The van der Waals surface area contributed by atoms with Gasteiger partial charge in [-0.15, -0.1) is 0 Å². The molecule has 1 aliphatic rings. The van der Waals surface area contributed by atoms with Gasteiger partial charge >= 0.3 is 0 Å². The summed E-state index contributed by atoms with van der Waals surface area (Å²) in [4.78, 5) is 0. The second kappa shape index (κ2) is 9.47. The molecule has 3 aromatic rings. The first-order valence-electron chi connectivity index (χ1n) is 11.9. The Bertz CT molecular complexity index is 1200. The van der Waals surface area contributed by atoms with Crippen LogP contribution in [0.2, 0.25) is 0 Å². The van der Waals surface area contributed by atoms with E-state index in [2.05, 4.69) is 38.1 Å². The van der Waals surface area contributed by atoms with Crippen LogP contribution in [0.5, 0.6) is 17.2 Å². The Balaban J connectivity index is 1.49. The summed E-state index contributed by atoms with van der Waals surface area (Å²) < 4.78 is 24.0. The highest BCUT2D eigenvalue weighted by molar-refractivity contribution is 5.84. The molecule has 0 aliphatic carbocycles. The van der Waals surface area contributed by atoms with Gasteiger partial charge in [0.2, 0.25) is 0 Å². The second-order valence-electron chi connectivity index (χ2n) is 9.76. The third kappa shape index (κ3) is 4.47. The van der Waals surface area contributed by atoms with Gasteiger partial charge in [-0.3, -0.25) is 0 Å². The summed E-state index contributed by atoms with van der Waals surface area (Å²) in [5.74, 6) is 2.16. The van der Waals surface area contributed by atoms with Crippen LogP contribution in [0.15, 0.2) is 36.4 Å². The monoisotopic (exact) mass is 464 g/mol. The van der Waals surface area contributed by atoms with Gasteiger partial charge in [0, 0.05) is 18.6 Å². The van der Waals surface area contributed by atoms with E-state index in [-0.39, 0.29) is 5.92 Å². The van der Waals surface area contributed by atoms with E-state index in [4.69, 9.17) is 18.9 Å². The molecule has 0 saturated carbocycles. The zero-order chi connectivity index (χ0) is 24.6. The van der Waals surface area contributed by atoms with Crippen molar-refractivity contribution in [3.63, 3.8) is 0 Å². The smallest absolute Gasteiger partial charge is 0.163 e. The van der Waals surface area contributed by atoms with Gasteiger partial charge in [0.05, 0.1) is 13.7 Å². The largest absolute Gasteiger partial charge is 0.507 e. The molecule has 0 bridgehead atoms. The van der Waals surface area contributed by atoms with E-state index in [1.165, 1.54) is 0 Å². The lowest BCUT2D eigenvalue weighted by Crippen LogP contribution is -2.43. The maximum atomic E-state index is 10.4. The molecule has 1 aliphatic heterocycles. The molecule has 0 aromatic heterocycles. The van der Waals surface area contributed by atoms with Crippen molar-refractivity contribution in [1.82, 2.24) is 0 Å². The minimum atomic E-state index is -0.468. The molecule has 0 saturated heterocycles. The molecule has 0 spiro atoms. The Hall–Kier alpha value is -2.76. The van der Waals surface area contributed by atoms with Gasteiger partial charge in [-0.1, -0.05) is 31.2 Å². The maximum Gasteiger partial charge on any atom is 0.163 e. The fourth-order valence-corrected chi connectivity index (χ4v) is 4.88. The number of benzene rings is 3. The maximum absolute atomic E-state index is 10.4. The van der Waals surface area contributed by atoms with Crippen LogP contribution in [0.4, 0.5) is 0 Å². The molecule has 1 heterocycles. The minimum Gasteiger partial charge on any atom is -0.507 e. The molecule has 0 amide bonds. The first-order valence-corrected chi connectivity index (χ1v) is 11.9. The quantitative estimate of drug-likeness (QED) is 0.413. The van der Waals surface area contributed by atoms with Crippen molar-refractivity contribution >= 4 is 10.8 Å². The van der Waals surface area contributed by atoms with Gasteiger partial charge in [0.1, 0.15) is 22.8 Å². The molecule has 5 nitrogen and oxygen atoms in total. The Morgan fingerprint density at radius 3 is 2.41 bits per heavy atom. The van der Waals surface area contributed by atoms with Crippen LogP contribution in [0.3, 0.4) is 0 Å². The van der Waals surface area contributed by atoms with E-state index in [1.54, 1.807) is 14.2 Å². The van der Waals surface area contributed by atoms with E-state index < -0.39 is 11.9 Å². The molecule has 5 heteroatoms. The Morgan fingerprint density at radius 2 is 1.71 bits per heavy atom. The highest BCUT2D eigenvalue weighted by Gasteiger charge is 2.36. The number of hydrogen-bond donors (Lipinski definition) is 1.